The second-order valence-corrected chi connectivity index (χ2v) is 4.22. The Morgan fingerprint density at radius 1 is 1.47 bits per heavy atom. The summed E-state index contributed by atoms with van der Waals surface area (Å²) in [6, 6.07) is 1.99. The zero-order valence-electron chi connectivity index (χ0n) is 8.79. The molecule has 2 aromatic rings. The maximum absolute atomic E-state index is 11.0. The summed E-state index contributed by atoms with van der Waals surface area (Å²) < 4.78 is 4.18. The molecule has 0 fully saturated rings. The van der Waals surface area contributed by atoms with E-state index < -0.39 is 0 Å². The first-order valence-electron chi connectivity index (χ1n) is 4.59. The Labute approximate surface area is 91.5 Å². The van der Waals surface area contributed by atoms with Gasteiger partial charge in [0, 0.05) is 12.6 Å². The molecule has 0 radical (unpaired) electrons. The number of nitrogens with one attached hydrogen (secondary N) is 1. The number of fused-ring (bicyclic) bond motifs is 1. The van der Waals surface area contributed by atoms with E-state index in [1.165, 1.54) is 18.5 Å². The summed E-state index contributed by atoms with van der Waals surface area (Å²) in [4.78, 5) is 16.2. The number of carbonyl (C=O) groups excluding carboxylic acids is 1. The van der Waals surface area contributed by atoms with Gasteiger partial charge >= 0.3 is 0 Å². The lowest BCUT2D eigenvalue weighted by Crippen LogP contribution is -2.06. The molecule has 78 valence electrons. The second kappa shape index (κ2) is 3.58. The molecule has 0 aliphatic carbocycles. The molecule has 0 unspecified atom stereocenters. The van der Waals surface area contributed by atoms with Gasteiger partial charge in [-0.15, -0.1) is 0 Å². The SMILES string of the molecule is CC(=O)Nc1nsc2nc(C)cc(C)c12. The summed E-state index contributed by atoms with van der Waals surface area (Å²) in [7, 11) is 0. The number of aryl methyl sites for hydroxylation is 2. The van der Waals surface area contributed by atoms with Crippen LogP contribution in [0.4, 0.5) is 5.82 Å². The maximum atomic E-state index is 11.0. The molecule has 5 heteroatoms. The van der Waals surface area contributed by atoms with Crippen molar-refractivity contribution in [1.82, 2.24) is 9.36 Å². The maximum Gasteiger partial charge on any atom is 0.222 e. The Bertz CT molecular complexity index is 533. The molecule has 1 amide bonds. The van der Waals surface area contributed by atoms with Gasteiger partial charge in [-0.1, -0.05) is 0 Å². The van der Waals surface area contributed by atoms with Crippen LogP contribution in [-0.2, 0) is 4.79 Å². The first kappa shape index (κ1) is 10.0. The highest BCUT2D eigenvalue weighted by molar-refractivity contribution is 7.13. The van der Waals surface area contributed by atoms with Gasteiger partial charge < -0.3 is 5.32 Å². The number of carbonyl (C=O) groups is 1. The molecule has 4 nitrogen and oxygen atoms in total. The van der Waals surface area contributed by atoms with Crippen molar-refractivity contribution in [3.8, 4) is 0 Å². The van der Waals surface area contributed by atoms with Crippen LogP contribution in [0.15, 0.2) is 6.07 Å². The third kappa shape index (κ3) is 1.83. The number of rotatable bonds is 1. The minimum absolute atomic E-state index is 0.109. The Kier molecular flexibility index (Phi) is 2.40. The van der Waals surface area contributed by atoms with E-state index in [-0.39, 0.29) is 5.91 Å². The second-order valence-electron chi connectivity index (χ2n) is 3.47. The van der Waals surface area contributed by atoms with Crippen molar-refractivity contribution in [2.75, 3.05) is 5.32 Å². The first-order valence-corrected chi connectivity index (χ1v) is 5.36. The molecular weight excluding hydrogens is 210 g/mol. The van der Waals surface area contributed by atoms with Crippen LogP contribution < -0.4 is 5.32 Å². The number of amides is 1. The number of hydrogen-bond acceptors (Lipinski definition) is 4. The number of nitrogens with zero attached hydrogens (tertiary/aromatic N) is 2. The molecule has 2 aromatic heterocycles. The molecule has 1 N–H and O–H groups in total. The molecule has 0 atom stereocenters. The van der Waals surface area contributed by atoms with Gasteiger partial charge in [0.2, 0.25) is 5.91 Å². The standard InChI is InChI=1S/C10H11N3OS/c1-5-4-6(2)11-10-8(5)9(13-15-10)12-7(3)14/h4H,1-3H3,(H,12,13,14). The fourth-order valence-electron chi connectivity index (χ4n) is 1.54. The highest BCUT2D eigenvalue weighted by atomic mass is 32.1. The summed E-state index contributed by atoms with van der Waals surface area (Å²) >= 11 is 1.31. The van der Waals surface area contributed by atoms with Crippen LogP contribution in [0.2, 0.25) is 0 Å². The van der Waals surface area contributed by atoms with E-state index in [4.69, 9.17) is 0 Å². The lowest BCUT2D eigenvalue weighted by molar-refractivity contribution is -0.114. The van der Waals surface area contributed by atoms with Crippen LogP contribution in [0.1, 0.15) is 18.2 Å². The van der Waals surface area contributed by atoms with Crippen molar-refractivity contribution in [2.45, 2.75) is 20.8 Å². The fourth-order valence-corrected chi connectivity index (χ4v) is 2.39. The van der Waals surface area contributed by atoms with E-state index in [1.54, 1.807) is 0 Å². The van der Waals surface area contributed by atoms with E-state index >= 15 is 0 Å². The summed E-state index contributed by atoms with van der Waals surface area (Å²) in [5.41, 5.74) is 2.06. The molecular formula is C10H11N3OS. The predicted molar refractivity (Wildman–Crippen MR) is 61.2 cm³/mol. The minimum Gasteiger partial charge on any atom is -0.310 e. The molecule has 0 aromatic carbocycles. The molecule has 0 aliphatic heterocycles. The first-order chi connectivity index (χ1) is 7.08. The van der Waals surface area contributed by atoms with Crippen molar-refractivity contribution >= 4 is 33.5 Å². The van der Waals surface area contributed by atoms with Crippen LogP contribution in [0, 0.1) is 13.8 Å². The van der Waals surface area contributed by atoms with Gasteiger partial charge in [0.15, 0.2) is 5.82 Å². The lowest BCUT2D eigenvalue weighted by Gasteiger charge is -2.01. The molecule has 2 rings (SSSR count). The Morgan fingerprint density at radius 2 is 2.20 bits per heavy atom. The van der Waals surface area contributed by atoms with Gasteiger partial charge in [-0.25, -0.2) is 4.98 Å². The van der Waals surface area contributed by atoms with Crippen LogP contribution in [-0.4, -0.2) is 15.3 Å². The zero-order valence-corrected chi connectivity index (χ0v) is 9.60. The summed E-state index contributed by atoms with van der Waals surface area (Å²) in [6.45, 7) is 5.42. The third-order valence-corrected chi connectivity index (χ3v) is 2.81. The van der Waals surface area contributed by atoms with E-state index in [0.29, 0.717) is 5.82 Å². The quantitative estimate of drug-likeness (QED) is 0.803. The average molecular weight is 221 g/mol. The number of aromatic nitrogens is 2. The molecule has 0 bridgehead atoms. The van der Waals surface area contributed by atoms with Crippen LogP contribution in [0.3, 0.4) is 0 Å². The highest BCUT2D eigenvalue weighted by Crippen LogP contribution is 2.28. The van der Waals surface area contributed by atoms with Gasteiger partial charge in [0.1, 0.15) is 4.83 Å². The van der Waals surface area contributed by atoms with Gasteiger partial charge in [-0.05, 0) is 37.0 Å². The van der Waals surface area contributed by atoms with E-state index in [0.717, 1.165) is 21.5 Å². The van der Waals surface area contributed by atoms with Crippen molar-refractivity contribution < 1.29 is 4.79 Å². The normalized spacial score (nSPS) is 10.6. The van der Waals surface area contributed by atoms with Crippen molar-refractivity contribution in [1.29, 1.82) is 0 Å². The predicted octanol–water partition coefficient (Wildman–Crippen LogP) is 2.27. The molecule has 0 spiro atoms. The van der Waals surface area contributed by atoms with E-state index in [2.05, 4.69) is 14.7 Å². The molecule has 0 aliphatic rings. The van der Waals surface area contributed by atoms with Crippen molar-refractivity contribution in [2.24, 2.45) is 0 Å². The zero-order chi connectivity index (χ0) is 11.0. The Morgan fingerprint density at radius 3 is 2.87 bits per heavy atom. The van der Waals surface area contributed by atoms with Crippen molar-refractivity contribution in [3.63, 3.8) is 0 Å². The van der Waals surface area contributed by atoms with Crippen molar-refractivity contribution in [3.05, 3.63) is 17.3 Å². The lowest BCUT2D eigenvalue weighted by atomic mass is 10.2. The topological polar surface area (TPSA) is 54.9 Å². The number of pyridine rings is 1. The number of hydrogen-bond donors (Lipinski definition) is 1. The fraction of sp³-hybridized carbons (Fsp3) is 0.300. The van der Waals surface area contributed by atoms with Gasteiger partial charge in [0.05, 0.1) is 5.39 Å². The Balaban J connectivity index is 2.63. The average Bonchev–Trinajstić information content (AvgIpc) is 2.46. The summed E-state index contributed by atoms with van der Waals surface area (Å²) in [5.74, 6) is 0.509. The monoisotopic (exact) mass is 221 g/mol. The van der Waals surface area contributed by atoms with Gasteiger partial charge in [-0.2, -0.15) is 4.37 Å². The minimum atomic E-state index is -0.109. The number of anilines is 1. The largest absolute Gasteiger partial charge is 0.310 e. The third-order valence-electron chi connectivity index (χ3n) is 2.07. The van der Waals surface area contributed by atoms with E-state index in [9.17, 15) is 4.79 Å². The van der Waals surface area contributed by atoms with Crippen LogP contribution >= 0.6 is 11.5 Å². The van der Waals surface area contributed by atoms with Gasteiger partial charge in [-0.3, -0.25) is 4.79 Å². The molecule has 15 heavy (non-hydrogen) atoms. The highest BCUT2D eigenvalue weighted by Gasteiger charge is 2.11. The van der Waals surface area contributed by atoms with Gasteiger partial charge in [0.25, 0.3) is 0 Å². The van der Waals surface area contributed by atoms with Crippen LogP contribution in [0.25, 0.3) is 10.2 Å². The smallest absolute Gasteiger partial charge is 0.222 e. The summed E-state index contributed by atoms with van der Waals surface area (Å²) in [6.07, 6.45) is 0. The molecule has 0 saturated heterocycles. The molecule has 2 heterocycles. The van der Waals surface area contributed by atoms with Crippen LogP contribution in [0.5, 0.6) is 0 Å². The van der Waals surface area contributed by atoms with E-state index in [1.807, 2.05) is 19.9 Å². The summed E-state index contributed by atoms with van der Waals surface area (Å²) in [5, 5.41) is 3.65. The molecule has 0 saturated carbocycles. The Hall–Kier alpha value is -1.49.